The van der Waals surface area contributed by atoms with Gasteiger partial charge in [0.2, 0.25) is 0 Å². The molecule has 0 aromatic heterocycles. The molecule has 1 aliphatic rings. The molecule has 5 heteroatoms. The Morgan fingerprint density at radius 2 is 1.61 bits per heavy atom. The topological polar surface area (TPSA) is 55.4 Å². The summed E-state index contributed by atoms with van der Waals surface area (Å²) in [6.07, 6.45) is 0. The van der Waals surface area contributed by atoms with Crippen LogP contribution in [0.5, 0.6) is 5.75 Å². The van der Waals surface area contributed by atoms with E-state index in [1.165, 1.54) is 0 Å². The fourth-order valence-corrected chi connectivity index (χ4v) is 3.03. The fraction of sp³-hybridized carbons (Fsp3) is 0.0769. The molecule has 1 aliphatic heterocycles. The minimum absolute atomic E-state index is 0.380. The van der Waals surface area contributed by atoms with E-state index < -0.39 is 16.3 Å². The van der Waals surface area contributed by atoms with Crippen LogP contribution in [0.1, 0.15) is 17.2 Å². The van der Waals surface area contributed by atoms with Crippen LogP contribution in [0.2, 0.25) is 0 Å². The highest BCUT2D eigenvalue weighted by atomic mass is 32.2. The smallest absolute Gasteiger partial charge is 0.371 e. The first kappa shape index (κ1) is 11.3. The molecular weight excluding hydrogens is 250 g/mol. The Morgan fingerprint density at radius 3 is 2.39 bits per heavy atom. The lowest BCUT2D eigenvalue weighted by atomic mass is 9.99. The number of nitrogens with one attached hydrogen (secondary N) is 1. The normalized spacial score (nSPS) is 20.8. The van der Waals surface area contributed by atoms with Crippen molar-refractivity contribution in [2.75, 3.05) is 0 Å². The van der Waals surface area contributed by atoms with E-state index in [4.69, 9.17) is 4.18 Å². The monoisotopic (exact) mass is 261 g/mol. The van der Waals surface area contributed by atoms with Crippen molar-refractivity contribution in [2.45, 2.75) is 6.04 Å². The van der Waals surface area contributed by atoms with Gasteiger partial charge in [-0.05, 0) is 11.6 Å². The highest BCUT2D eigenvalue weighted by Crippen LogP contribution is 2.34. The average Bonchev–Trinajstić information content (AvgIpc) is 2.38. The maximum absolute atomic E-state index is 11.7. The SMILES string of the molecule is O=S1(=O)NC(c2ccccc2)c2ccccc2O1. The van der Waals surface area contributed by atoms with Gasteiger partial charge in [0.15, 0.2) is 0 Å². The lowest BCUT2D eigenvalue weighted by Crippen LogP contribution is -2.37. The summed E-state index contributed by atoms with van der Waals surface area (Å²) in [5, 5.41) is 0. The van der Waals surface area contributed by atoms with Gasteiger partial charge in [-0.25, -0.2) is 0 Å². The molecule has 0 radical (unpaired) electrons. The standard InChI is InChI=1S/C13H11NO3S/c15-18(16)14-13(10-6-2-1-3-7-10)11-8-4-5-9-12(11)17-18/h1-9,13-14H. The van der Waals surface area contributed by atoms with Gasteiger partial charge in [0.1, 0.15) is 5.75 Å². The van der Waals surface area contributed by atoms with Crippen LogP contribution in [0, 0.1) is 0 Å². The second-order valence-electron chi connectivity index (χ2n) is 4.04. The van der Waals surface area contributed by atoms with E-state index in [1.807, 2.05) is 42.5 Å². The van der Waals surface area contributed by atoms with Gasteiger partial charge < -0.3 is 4.18 Å². The van der Waals surface area contributed by atoms with Gasteiger partial charge in [0, 0.05) is 5.56 Å². The Bertz CT molecular complexity index is 668. The van der Waals surface area contributed by atoms with Crippen LogP contribution in [0.15, 0.2) is 54.6 Å². The van der Waals surface area contributed by atoms with Crippen molar-refractivity contribution in [3.63, 3.8) is 0 Å². The lowest BCUT2D eigenvalue weighted by molar-refractivity contribution is 0.442. The molecule has 4 nitrogen and oxygen atoms in total. The first-order valence-electron chi connectivity index (χ1n) is 5.51. The molecule has 2 aromatic carbocycles. The van der Waals surface area contributed by atoms with E-state index in [0.717, 1.165) is 11.1 Å². The van der Waals surface area contributed by atoms with E-state index >= 15 is 0 Å². The van der Waals surface area contributed by atoms with Gasteiger partial charge in [-0.2, -0.15) is 13.1 Å². The van der Waals surface area contributed by atoms with Crippen molar-refractivity contribution in [3.05, 3.63) is 65.7 Å². The van der Waals surface area contributed by atoms with E-state index in [9.17, 15) is 8.42 Å². The Kier molecular flexibility index (Phi) is 2.57. The third-order valence-electron chi connectivity index (χ3n) is 2.82. The molecule has 0 amide bonds. The van der Waals surface area contributed by atoms with Crippen LogP contribution in [0.3, 0.4) is 0 Å². The summed E-state index contributed by atoms with van der Waals surface area (Å²) in [5.74, 6) is 0.380. The molecule has 92 valence electrons. The van der Waals surface area contributed by atoms with Crippen LogP contribution in [-0.2, 0) is 10.3 Å². The molecule has 2 aromatic rings. The molecule has 1 unspecified atom stereocenters. The van der Waals surface area contributed by atoms with E-state index in [2.05, 4.69) is 4.72 Å². The van der Waals surface area contributed by atoms with Crippen molar-refractivity contribution >= 4 is 10.3 Å². The number of hydrogen-bond acceptors (Lipinski definition) is 3. The molecule has 1 heterocycles. The molecule has 18 heavy (non-hydrogen) atoms. The number of rotatable bonds is 1. The minimum Gasteiger partial charge on any atom is -0.371 e. The molecular formula is C13H11NO3S. The second-order valence-corrected chi connectivity index (χ2v) is 5.35. The lowest BCUT2D eigenvalue weighted by Gasteiger charge is -2.26. The Labute approximate surface area is 105 Å². The number of fused-ring (bicyclic) bond motifs is 1. The molecule has 1 N–H and O–H groups in total. The van der Waals surface area contributed by atoms with Crippen molar-refractivity contribution in [2.24, 2.45) is 0 Å². The van der Waals surface area contributed by atoms with E-state index in [0.29, 0.717) is 5.75 Å². The number of hydrogen-bond donors (Lipinski definition) is 1. The molecule has 0 spiro atoms. The summed E-state index contributed by atoms with van der Waals surface area (Å²) in [7, 11) is -3.74. The van der Waals surface area contributed by atoms with Crippen LogP contribution >= 0.6 is 0 Å². The summed E-state index contributed by atoms with van der Waals surface area (Å²) in [4.78, 5) is 0. The minimum atomic E-state index is -3.74. The quantitative estimate of drug-likeness (QED) is 0.854. The average molecular weight is 261 g/mol. The molecule has 1 atom stereocenters. The predicted octanol–water partition coefficient (Wildman–Crippen LogP) is 2.00. The first-order valence-corrected chi connectivity index (χ1v) is 6.92. The van der Waals surface area contributed by atoms with E-state index in [-0.39, 0.29) is 0 Å². The van der Waals surface area contributed by atoms with Gasteiger partial charge in [-0.3, -0.25) is 0 Å². The maximum Gasteiger partial charge on any atom is 0.383 e. The molecule has 0 aliphatic carbocycles. The predicted molar refractivity (Wildman–Crippen MR) is 67.4 cm³/mol. The zero-order valence-electron chi connectivity index (χ0n) is 9.41. The van der Waals surface area contributed by atoms with Gasteiger partial charge in [0.25, 0.3) is 0 Å². The van der Waals surface area contributed by atoms with Crippen LogP contribution < -0.4 is 8.91 Å². The molecule has 0 bridgehead atoms. The highest BCUT2D eigenvalue weighted by Gasteiger charge is 2.30. The third-order valence-corrected chi connectivity index (χ3v) is 3.75. The Morgan fingerprint density at radius 1 is 0.944 bits per heavy atom. The molecule has 0 saturated carbocycles. The largest absolute Gasteiger partial charge is 0.383 e. The van der Waals surface area contributed by atoms with Crippen molar-refractivity contribution in [1.29, 1.82) is 0 Å². The molecule has 0 fully saturated rings. The van der Waals surface area contributed by atoms with Crippen molar-refractivity contribution in [3.8, 4) is 5.75 Å². The molecule has 0 saturated heterocycles. The zero-order valence-corrected chi connectivity index (χ0v) is 10.2. The summed E-state index contributed by atoms with van der Waals surface area (Å²) < 4.78 is 30.8. The zero-order chi connectivity index (χ0) is 12.6. The fourth-order valence-electron chi connectivity index (χ4n) is 2.04. The van der Waals surface area contributed by atoms with Crippen LogP contribution in [0.4, 0.5) is 0 Å². The maximum atomic E-state index is 11.7. The summed E-state index contributed by atoms with van der Waals surface area (Å²) in [5.41, 5.74) is 1.70. The summed E-state index contributed by atoms with van der Waals surface area (Å²) in [6.45, 7) is 0. The summed E-state index contributed by atoms with van der Waals surface area (Å²) in [6, 6.07) is 16.1. The summed E-state index contributed by atoms with van der Waals surface area (Å²) >= 11 is 0. The van der Waals surface area contributed by atoms with E-state index in [1.54, 1.807) is 12.1 Å². The Hall–Kier alpha value is -1.85. The van der Waals surface area contributed by atoms with Crippen molar-refractivity contribution < 1.29 is 12.6 Å². The van der Waals surface area contributed by atoms with Crippen molar-refractivity contribution in [1.82, 2.24) is 4.72 Å². The van der Waals surface area contributed by atoms with Crippen LogP contribution in [-0.4, -0.2) is 8.42 Å². The third kappa shape index (κ3) is 1.98. The Balaban J connectivity index is 2.16. The first-order chi connectivity index (χ1) is 8.66. The highest BCUT2D eigenvalue weighted by molar-refractivity contribution is 7.85. The van der Waals surface area contributed by atoms with Crippen LogP contribution in [0.25, 0.3) is 0 Å². The van der Waals surface area contributed by atoms with Gasteiger partial charge >= 0.3 is 10.3 Å². The van der Waals surface area contributed by atoms with Gasteiger partial charge in [0.05, 0.1) is 6.04 Å². The number of para-hydroxylation sites is 1. The van der Waals surface area contributed by atoms with Gasteiger partial charge in [-0.1, -0.05) is 48.5 Å². The second kappa shape index (κ2) is 4.12. The molecule has 3 rings (SSSR count). The van der Waals surface area contributed by atoms with Gasteiger partial charge in [-0.15, -0.1) is 0 Å². The number of benzene rings is 2.